The molecule has 104 valence electrons. The molecule has 20 heavy (non-hydrogen) atoms. The standard InChI is InChI=1S/C17H20N2O/c1-12-9-10-16(13(2)11-12)19-17(20)14(3)18-15-7-5-4-6-8-15/h4-11,14,18H,1-3H3,(H,19,20). The maximum Gasteiger partial charge on any atom is 0.246 e. The van der Waals surface area contributed by atoms with Crippen LogP contribution in [0.1, 0.15) is 18.1 Å². The number of rotatable bonds is 4. The van der Waals surface area contributed by atoms with E-state index in [0.29, 0.717) is 0 Å². The van der Waals surface area contributed by atoms with Gasteiger partial charge in [-0.05, 0) is 44.5 Å². The maximum absolute atomic E-state index is 12.2. The van der Waals surface area contributed by atoms with E-state index in [-0.39, 0.29) is 11.9 Å². The Morgan fingerprint density at radius 3 is 2.40 bits per heavy atom. The number of hydrogen-bond acceptors (Lipinski definition) is 2. The predicted octanol–water partition coefficient (Wildman–Crippen LogP) is 3.74. The van der Waals surface area contributed by atoms with E-state index >= 15 is 0 Å². The van der Waals surface area contributed by atoms with E-state index in [2.05, 4.69) is 16.7 Å². The molecule has 0 radical (unpaired) electrons. The molecule has 3 nitrogen and oxygen atoms in total. The van der Waals surface area contributed by atoms with Crippen molar-refractivity contribution in [3.8, 4) is 0 Å². The van der Waals surface area contributed by atoms with Gasteiger partial charge >= 0.3 is 0 Å². The molecule has 1 amide bonds. The second-order valence-corrected chi connectivity index (χ2v) is 5.04. The van der Waals surface area contributed by atoms with Crippen molar-refractivity contribution < 1.29 is 4.79 Å². The molecule has 0 spiro atoms. The molecule has 2 N–H and O–H groups in total. The first-order valence-corrected chi connectivity index (χ1v) is 6.76. The normalized spacial score (nSPS) is 11.8. The molecule has 0 aliphatic carbocycles. The van der Waals surface area contributed by atoms with Crippen LogP contribution in [0.2, 0.25) is 0 Å². The molecule has 2 aromatic rings. The number of carbonyl (C=O) groups excluding carboxylic acids is 1. The van der Waals surface area contributed by atoms with Gasteiger partial charge in [0.25, 0.3) is 0 Å². The molecule has 0 saturated carbocycles. The Morgan fingerprint density at radius 2 is 1.75 bits per heavy atom. The smallest absolute Gasteiger partial charge is 0.246 e. The Bertz CT molecular complexity index is 593. The number of nitrogens with one attached hydrogen (secondary N) is 2. The number of hydrogen-bond donors (Lipinski definition) is 2. The summed E-state index contributed by atoms with van der Waals surface area (Å²) in [6.07, 6.45) is 0. The SMILES string of the molecule is Cc1ccc(NC(=O)C(C)Nc2ccccc2)c(C)c1. The van der Waals surface area contributed by atoms with Gasteiger partial charge in [-0.3, -0.25) is 4.79 Å². The first kappa shape index (κ1) is 14.1. The summed E-state index contributed by atoms with van der Waals surface area (Å²) in [6, 6.07) is 15.4. The Kier molecular flexibility index (Phi) is 4.41. The van der Waals surface area contributed by atoms with Gasteiger partial charge in [0.2, 0.25) is 5.91 Å². The molecule has 0 saturated heterocycles. The second-order valence-electron chi connectivity index (χ2n) is 5.04. The van der Waals surface area contributed by atoms with E-state index in [1.165, 1.54) is 5.56 Å². The van der Waals surface area contributed by atoms with Crippen molar-refractivity contribution in [3.63, 3.8) is 0 Å². The first-order valence-electron chi connectivity index (χ1n) is 6.76. The van der Waals surface area contributed by atoms with Crippen LogP contribution < -0.4 is 10.6 Å². The summed E-state index contributed by atoms with van der Waals surface area (Å²) in [4.78, 5) is 12.2. The van der Waals surface area contributed by atoms with E-state index in [4.69, 9.17) is 0 Å². The van der Waals surface area contributed by atoms with Crippen LogP contribution in [-0.4, -0.2) is 11.9 Å². The van der Waals surface area contributed by atoms with Crippen molar-refractivity contribution in [1.82, 2.24) is 0 Å². The van der Waals surface area contributed by atoms with Crippen LogP contribution in [0.4, 0.5) is 11.4 Å². The molecule has 1 unspecified atom stereocenters. The van der Waals surface area contributed by atoms with Gasteiger partial charge in [0.05, 0.1) is 0 Å². The van der Waals surface area contributed by atoms with Crippen LogP contribution >= 0.6 is 0 Å². The first-order chi connectivity index (χ1) is 9.56. The average Bonchev–Trinajstić information content (AvgIpc) is 2.43. The quantitative estimate of drug-likeness (QED) is 0.886. The highest BCUT2D eigenvalue weighted by atomic mass is 16.2. The number of anilines is 2. The number of para-hydroxylation sites is 1. The van der Waals surface area contributed by atoms with Crippen LogP contribution in [-0.2, 0) is 4.79 Å². The molecule has 0 fully saturated rings. The molecule has 3 heteroatoms. The summed E-state index contributed by atoms with van der Waals surface area (Å²) in [5.41, 5.74) is 4.07. The summed E-state index contributed by atoms with van der Waals surface area (Å²) in [6.45, 7) is 5.89. The second kappa shape index (κ2) is 6.24. The molecule has 0 bridgehead atoms. The molecule has 2 aromatic carbocycles. The van der Waals surface area contributed by atoms with Crippen molar-refractivity contribution in [1.29, 1.82) is 0 Å². The Balaban J connectivity index is 2.01. The minimum Gasteiger partial charge on any atom is -0.374 e. The fourth-order valence-electron chi connectivity index (χ4n) is 2.04. The molecule has 0 heterocycles. The molecule has 1 atom stereocenters. The molecule has 2 rings (SSSR count). The van der Waals surface area contributed by atoms with Crippen LogP contribution in [0.3, 0.4) is 0 Å². The average molecular weight is 268 g/mol. The molecule has 0 aromatic heterocycles. The van der Waals surface area contributed by atoms with Crippen molar-refractivity contribution in [2.24, 2.45) is 0 Å². The van der Waals surface area contributed by atoms with Gasteiger partial charge in [-0.1, -0.05) is 35.9 Å². The van der Waals surface area contributed by atoms with Gasteiger partial charge in [-0.25, -0.2) is 0 Å². The summed E-state index contributed by atoms with van der Waals surface area (Å²) in [5, 5.41) is 6.14. The fourth-order valence-corrected chi connectivity index (χ4v) is 2.04. The van der Waals surface area contributed by atoms with E-state index in [1.54, 1.807) is 0 Å². The van der Waals surface area contributed by atoms with Crippen LogP contribution in [0, 0.1) is 13.8 Å². The zero-order valence-electron chi connectivity index (χ0n) is 12.1. The van der Waals surface area contributed by atoms with Gasteiger partial charge in [0.1, 0.15) is 6.04 Å². The highest BCUT2D eigenvalue weighted by Crippen LogP contribution is 2.16. The van der Waals surface area contributed by atoms with Gasteiger partial charge in [-0.2, -0.15) is 0 Å². The van der Waals surface area contributed by atoms with Crippen molar-refractivity contribution in [2.45, 2.75) is 26.8 Å². The lowest BCUT2D eigenvalue weighted by molar-refractivity contribution is -0.116. The van der Waals surface area contributed by atoms with Crippen LogP contribution in [0.5, 0.6) is 0 Å². The van der Waals surface area contributed by atoms with Gasteiger partial charge in [-0.15, -0.1) is 0 Å². The van der Waals surface area contributed by atoms with Crippen molar-refractivity contribution in [2.75, 3.05) is 10.6 Å². The zero-order valence-corrected chi connectivity index (χ0v) is 12.1. The summed E-state index contributed by atoms with van der Waals surface area (Å²) >= 11 is 0. The maximum atomic E-state index is 12.2. The number of carbonyl (C=O) groups is 1. The number of aryl methyl sites for hydroxylation is 2. The van der Waals surface area contributed by atoms with Crippen molar-refractivity contribution >= 4 is 17.3 Å². The zero-order chi connectivity index (χ0) is 14.5. The highest BCUT2D eigenvalue weighted by molar-refractivity contribution is 5.96. The number of amides is 1. The fraction of sp³-hybridized carbons (Fsp3) is 0.235. The molecular formula is C17H20N2O. The molecular weight excluding hydrogens is 248 g/mol. The third kappa shape index (κ3) is 3.60. The number of benzene rings is 2. The van der Waals surface area contributed by atoms with Gasteiger partial charge in [0.15, 0.2) is 0 Å². The van der Waals surface area contributed by atoms with Crippen LogP contribution in [0.25, 0.3) is 0 Å². The van der Waals surface area contributed by atoms with Crippen molar-refractivity contribution in [3.05, 3.63) is 59.7 Å². The third-order valence-electron chi connectivity index (χ3n) is 3.19. The Morgan fingerprint density at radius 1 is 1.05 bits per heavy atom. The Hall–Kier alpha value is -2.29. The highest BCUT2D eigenvalue weighted by Gasteiger charge is 2.13. The summed E-state index contributed by atoms with van der Waals surface area (Å²) in [7, 11) is 0. The minimum atomic E-state index is -0.293. The van der Waals surface area contributed by atoms with Gasteiger partial charge in [0, 0.05) is 11.4 Å². The largest absolute Gasteiger partial charge is 0.374 e. The third-order valence-corrected chi connectivity index (χ3v) is 3.19. The monoisotopic (exact) mass is 268 g/mol. The molecule has 0 aliphatic rings. The topological polar surface area (TPSA) is 41.1 Å². The molecule has 0 aliphatic heterocycles. The summed E-state index contributed by atoms with van der Waals surface area (Å²) < 4.78 is 0. The van der Waals surface area contributed by atoms with Crippen LogP contribution in [0.15, 0.2) is 48.5 Å². The van der Waals surface area contributed by atoms with E-state index in [0.717, 1.165) is 16.9 Å². The van der Waals surface area contributed by atoms with Gasteiger partial charge < -0.3 is 10.6 Å². The Labute approximate surface area is 120 Å². The lowest BCUT2D eigenvalue weighted by Crippen LogP contribution is -2.32. The summed E-state index contributed by atoms with van der Waals surface area (Å²) in [5.74, 6) is -0.0409. The van der Waals surface area contributed by atoms with E-state index in [9.17, 15) is 4.79 Å². The van der Waals surface area contributed by atoms with E-state index in [1.807, 2.05) is 63.2 Å². The van der Waals surface area contributed by atoms with E-state index < -0.39 is 0 Å². The minimum absolute atomic E-state index is 0.0409. The lowest BCUT2D eigenvalue weighted by Gasteiger charge is -2.16. The lowest BCUT2D eigenvalue weighted by atomic mass is 10.1. The predicted molar refractivity (Wildman–Crippen MR) is 84.1 cm³/mol.